The van der Waals surface area contributed by atoms with E-state index in [1.165, 1.54) is 25.0 Å². The normalized spacial score (nSPS) is 15.4. The van der Waals surface area contributed by atoms with Crippen LogP contribution in [0.5, 0.6) is 5.75 Å². The van der Waals surface area contributed by atoms with Gasteiger partial charge in [-0.3, -0.25) is 29.7 Å². The third kappa shape index (κ3) is 5.56. The topological polar surface area (TPSA) is 138 Å². The number of imidazole rings is 1. The predicted octanol–water partition coefficient (Wildman–Crippen LogP) is 5.98. The maximum absolute atomic E-state index is 14.8. The molecule has 1 saturated heterocycles. The van der Waals surface area contributed by atoms with Crippen LogP contribution >= 0.6 is 0 Å². The molecule has 2 aliphatic rings. The molecule has 1 saturated carbocycles. The van der Waals surface area contributed by atoms with Crippen LogP contribution < -0.4 is 10.1 Å². The van der Waals surface area contributed by atoms with E-state index in [9.17, 15) is 9.18 Å². The van der Waals surface area contributed by atoms with Crippen LogP contribution in [0.4, 0.5) is 10.1 Å². The molecular weight excluding hydrogens is 585 g/mol. The summed E-state index contributed by atoms with van der Waals surface area (Å²) in [5, 5.41) is 11.4. The average molecular weight is 618 g/mol. The Morgan fingerprint density at radius 3 is 2.67 bits per heavy atom. The highest BCUT2D eigenvalue weighted by Crippen LogP contribution is 2.34. The highest BCUT2D eigenvalue weighted by Gasteiger charge is 2.25. The predicted molar refractivity (Wildman–Crippen MR) is 173 cm³/mol. The lowest BCUT2D eigenvalue weighted by Gasteiger charge is -2.24. The van der Waals surface area contributed by atoms with Gasteiger partial charge < -0.3 is 15.0 Å². The summed E-state index contributed by atoms with van der Waals surface area (Å²) < 4.78 is 20.7. The van der Waals surface area contributed by atoms with Gasteiger partial charge in [0.2, 0.25) is 5.91 Å². The van der Waals surface area contributed by atoms with E-state index in [0.29, 0.717) is 57.4 Å². The van der Waals surface area contributed by atoms with Crippen molar-refractivity contribution in [3.8, 4) is 39.7 Å². The number of aromatic amines is 2. The van der Waals surface area contributed by atoms with Gasteiger partial charge in [-0.2, -0.15) is 5.10 Å². The molecule has 2 fully saturated rings. The Morgan fingerprint density at radius 2 is 1.83 bits per heavy atom. The monoisotopic (exact) mass is 617 g/mol. The third-order valence-electron chi connectivity index (χ3n) is 8.90. The van der Waals surface area contributed by atoms with Crippen LogP contribution in [-0.2, 0) is 4.79 Å². The minimum absolute atomic E-state index is 0.0315. The first-order valence-electron chi connectivity index (χ1n) is 15.7. The summed E-state index contributed by atoms with van der Waals surface area (Å²) in [6.45, 7) is 3.48. The molecule has 1 aromatic carbocycles. The number of H-pyrrole nitrogens is 2. The largest absolute Gasteiger partial charge is 0.492 e. The second-order valence-corrected chi connectivity index (χ2v) is 12.0. The fourth-order valence-corrected chi connectivity index (χ4v) is 6.17. The van der Waals surface area contributed by atoms with Gasteiger partial charge in [0.25, 0.3) is 0 Å². The number of anilines is 1. The molecule has 0 spiro atoms. The molecule has 11 nitrogen and oxygen atoms in total. The Labute approximate surface area is 263 Å². The number of carbonyl (C=O) groups excluding carboxylic acids is 1. The Kier molecular flexibility index (Phi) is 7.33. The second kappa shape index (κ2) is 11.9. The zero-order valence-corrected chi connectivity index (χ0v) is 25.1. The maximum atomic E-state index is 14.8. The number of hydrogen-bond donors (Lipinski definition) is 3. The zero-order valence-electron chi connectivity index (χ0n) is 25.1. The zero-order chi connectivity index (χ0) is 31.0. The number of fused-ring (bicyclic) bond motifs is 2. The fourth-order valence-electron chi connectivity index (χ4n) is 6.17. The Morgan fingerprint density at radius 1 is 0.957 bits per heavy atom. The number of halogens is 1. The fraction of sp³-hybridized carbons (Fsp3) is 0.294. The smallest absolute Gasteiger partial charge is 0.227 e. The van der Waals surface area contributed by atoms with E-state index in [-0.39, 0.29) is 17.6 Å². The lowest BCUT2D eigenvalue weighted by Crippen LogP contribution is -2.28. The number of aromatic nitrogens is 7. The highest BCUT2D eigenvalue weighted by atomic mass is 19.1. The number of ether oxygens (including phenoxy) is 1. The van der Waals surface area contributed by atoms with E-state index in [0.717, 1.165) is 55.4 Å². The molecule has 8 rings (SSSR count). The average Bonchev–Trinajstić information content (AvgIpc) is 3.79. The van der Waals surface area contributed by atoms with Crippen molar-refractivity contribution in [3.05, 3.63) is 67.1 Å². The lowest BCUT2D eigenvalue weighted by molar-refractivity contribution is -0.122. The van der Waals surface area contributed by atoms with Crippen molar-refractivity contribution in [2.45, 2.75) is 32.1 Å². The first-order chi connectivity index (χ1) is 22.6. The van der Waals surface area contributed by atoms with Crippen molar-refractivity contribution in [3.63, 3.8) is 0 Å². The molecule has 1 aliphatic carbocycles. The Balaban J connectivity index is 1.09. The van der Waals surface area contributed by atoms with Gasteiger partial charge in [0, 0.05) is 47.4 Å². The van der Waals surface area contributed by atoms with E-state index >= 15 is 0 Å². The number of likely N-dealkylation sites (tertiary alicyclic amines) is 1. The second-order valence-electron chi connectivity index (χ2n) is 12.0. The number of amides is 1. The first kappa shape index (κ1) is 28.3. The minimum atomic E-state index is -0.388. The summed E-state index contributed by atoms with van der Waals surface area (Å²) in [6.07, 6.45) is 13.8. The van der Waals surface area contributed by atoms with Crippen molar-refractivity contribution in [1.29, 1.82) is 0 Å². The van der Waals surface area contributed by atoms with Gasteiger partial charge in [0.1, 0.15) is 23.9 Å². The van der Waals surface area contributed by atoms with Crippen molar-refractivity contribution in [2.75, 3.05) is 31.6 Å². The van der Waals surface area contributed by atoms with Crippen molar-refractivity contribution < 1.29 is 13.9 Å². The standard InChI is InChI=1S/C34H32FN9O2/c35-23-10-21(12-25(13-23)46-9-8-44-6-1-2-7-44)27-17-37-18-30-31(27)41-33(40-30)32-26-14-28(38-19-29(26)42-43-32)22-11-24(16-36-15-22)39-34(45)20-4-3-5-20/h10-20H,1-9H2,(H,39,45)(H,40,41)(H,42,43). The van der Waals surface area contributed by atoms with Gasteiger partial charge in [0.15, 0.2) is 5.82 Å². The molecule has 6 aromatic rings. The van der Waals surface area contributed by atoms with Gasteiger partial charge in [0.05, 0.1) is 46.5 Å². The van der Waals surface area contributed by atoms with Crippen LogP contribution in [0.3, 0.4) is 0 Å². The molecule has 3 N–H and O–H groups in total. The molecular formula is C34H32FN9O2. The van der Waals surface area contributed by atoms with Crippen LogP contribution in [0.25, 0.3) is 55.8 Å². The molecule has 6 heterocycles. The molecule has 232 valence electrons. The Bertz CT molecular complexity index is 2060. The van der Waals surface area contributed by atoms with E-state index in [4.69, 9.17) is 9.72 Å². The molecule has 0 radical (unpaired) electrons. The van der Waals surface area contributed by atoms with Gasteiger partial charge in [-0.25, -0.2) is 9.37 Å². The van der Waals surface area contributed by atoms with E-state index in [1.54, 1.807) is 31.0 Å². The first-order valence-corrected chi connectivity index (χ1v) is 15.7. The Hall–Kier alpha value is -5.23. The molecule has 12 heteroatoms. The molecule has 0 atom stereocenters. The molecule has 5 aromatic heterocycles. The quantitative estimate of drug-likeness (QED) is 0.180. The van der Waals surface area contributed by atoms with Crippen LogP contribution in [-0.4, -0.2) is 72.2 Å². The summed E-state index contributed by atoms with van der Waals surface area (Å²) in [5.41, 5.74) is 6.06. The molecule has 1 amide bonds. The number of pyridine rings is 3. The van der Waals surface area contributed by atoms with Crippen LogP contribution in [0.2, 0.25) is 0 Å². The lowest BCUT2D eigenvalue weighted by atomic mass is 9.85. The van der Waals surface area contributed by atoms with Crippen molar-refractivity contribution in [2.24, 2.45) is 5.92 Å². The summed E-state index contributed by atoms with van der Waals surface area (Å²) >= 11 is 0. The molecule has 0 unspecified atom stereocenters. The van der Waals surface area contributed by atoms with E-state index in [1.807, 2.05) is 18.2 Å². The third-order valence-corrected chi connectivity index (χ3v) is 8.90. The number of nitrogens with one attached hydrogen (secondary N) is 3. The molecule has 0 bridgehead atoms. The van der Waals surface area contributed by atoms with E-state index in [2.05, 4.69) is 40.3 Å². The number of carbonyl (C=O) groups is 1. The number of nitrogens with zero attached hydrogens (tertiary/aromatic N) is 6. The minimum Gasteiger partial charge on any atom is -0.492 e. The molecule has 46 heavy (non-hydrogen) atoms. The van der Waals surface area contributed by atoms with Gasteiger partial charge in [-0.05, 0) is 68.6 Å². The van der Waals surface area contributed by atoms with Crippen LogP contribution in [0.15, 0.2) is 61.3 Å². The SMILES string of the molecule is O=C(Nc1cncc(-c2cc3c(-c4nc5c(-c6cc(F)cc(OCCN7CCCC7)c6)cncc5[nH]4)n[nH]c3cn2)c1)C1CCC1. The highest BCUT2D eigenvalue weighted by molar-refractivity contribution is 5.98. The van der Waals surface area contributed by atoms with Crippen LogP contribution in [0.1, 0.15) is 32.1 Å². The van der Waals surface area contributed by atoms with Gasteiger partial charge in [-0.1, -0.05) is 6.42 Å². The van der Waals surface area contributed by atoms with Crippen LogP contribution in [0, 0.1) is 11.7 Å². The maximum Gasteiger partial charge on any atom is 0.227 e. The van der Waals surface area contributed by atoms with Crippen molar-refractivity contribution >= 4 is 33.5 Å². The summed E-state index contributed by atoms with van der Waals surface area (Å²) in [4.78, 5) is 36.4. The van der Waals surface area contributed by atoms with Gasteiger partial charge >= 0.3 is 0 Å². The van der Waals surface area contributed by atoms with Crippen molar-refractivity contribution in [1.82, 2.24) is 40.0 Å². The van der Waals surface area contributed by atoms with E-state index < -0.39 is 0 Å². The number of rotatable bonds is 9. The number of hydrogen-bond acceptors (Lipinski definition) is 8. The summed E-state index contributed by atoms with van der Waals surface area (Å²) in [5.74, 6) is 0.726. The van der Waals surface area contributed by atoms with Gasteiger partial charge in [-0.15, -0.1) is 0 Å². The summed E-state index contributed by atoms with van der Waals surface area (Å²) in [6, 6.07) is 8.51. The molecule has 1 aliphatic heterocycles. The number of benzene rings is 1. The summed E-state index contributed by atoms with van der Waals surface area (Å²) in [7, 11) is 0.